The van der Waals surface area contributed by atoms with Crippen molar-refractivity contribution in [2.24, 2.45) is 0 Å². The van der Waals surface area contributed by atoms with Crippen molar-refractivity contribution in [3.8, 4) is 0 Å². The summed E-state index contributed by atoms with van der Waals surface area (Å²) in [4.78, 5) is 4.70. The monoisotopic (exact) mass is 293 g/mol. The predicted octanol–water partition coefficient (Wildman–Crippen LogP) is 3.90. The van der Waals surface area contributed by atoms with Crippen LogP contribution in [0.4, 0.5) is 0 Å². The van der Waals surface area contributed by atoms with E-state index in [1.807, 2.05) is 13.8 Å². The van der Waals surface area contributed by atoms with Gasteiger partial charge in [0.2, 0.25) is 0 Å². The summed E-state index contributed by atoms with van der Waals surface area (Å²) >= 11 is 1.73. The van der Waals surface area contributed by atoms with Crippen LogP contribution < -0.4 is 5.32 Å². The second kappa shape index (κ2) is 5.66. The van der Waals surface area contributed by atoms with Gasteiger partial charge in [0.25, 0.3) is 0 Å². The Hall–Kier alpha value is -1.20. The van der Waals surface area contributed by atoms with Crippen molar-refractivity contribution in [3.63, 3.8) is 0 Å². The van der Waals surface area contributed by atoms with Crippen LogP contribution in [0.1, 0.15) is 61.5 Å². The minimum Gasteiger partial charge on any atom is -0.361 e. The first kappa shape index (κ1) is 15.2. The molecule has 1 N–H and O–H groups in total. The lowest BCUT2D eigenvalue weighted by atomic mass is 9.98. The van der Waals surface area contributed by atoms with Gasteiger partial charge < -0.3 is 9.84 Å². The minimum absolute atomic E-state index is 0.121. The average molecular weight is 293 g/mol. The number of thiazole rings is 1. The topological polar surface area (TPSA) is 51.0 Å². The third-order valence-electron chi connectivity index (χ3n) is 3.30. The summed E-state index contributed by atoms with van der Waals surface area (Å²) in [5, 5.41) is 10.8. The van der Waals surface area contributed by atoms with Crippen molar-refractivity contribution in [3.05, 3.63) is 33.1 Å². The smallest absolute Gasteiger partial charge is 0.138 e. The summed E-state index contributed by atoms with van der Waals surface area (Å²) in [5.41, 5.74) is 3.32. The standard InChI is InChI=1S/C15H23N3OS/c1-9(13-10(2)18-19-11(13)3)16-7-12-8-20-14(17-12)15(4,5)6/h8-9,16H,7H2,1-6H3. The van der Waals surface area contributed by atoms with E-state index in [2.05, 4.69) is 43.5 Å². The fourth-order valence-corrected chi connectivity index (χ4v) is 3.11. The van der Waals surface area contributed by atoms with Gasteiger partial charge in [-0.2, -0.15) is 0 Å². The number of aromatic nitrogens is 2. The van der Waals surface area contributed by atoms with E-state index in [0.29, 0.717) is 0 Å². The van der Waals surface area contributed by atoms with Crippen molar-refractivity contribution < 1.29 is 4.52 Å². The van der Waals surface area contributed by atoms with Crippen LogP contribution in [0.2, 0.25) is 0 Å². The van der Waals surface area contributed by atoms with Crippen LogP contribution in [-0.4, -0.2) is 10.1 Å². The molecular weight excluding hydrogens is 270 g/mol. The van der Waals surface area contributed by atoms with Gasteiger partial charge in [0, 0.05) is 28.9 Å². The molecule has 2 aromatic rings. The molecule has 0 aliphatic heterocycles. The minimum atomic E-state index is 0.121. The molecule has 2 rings (SSSR count). The van der Waals surface area contributed by atoms with Crippen LogP contribution in [0.3, 0.4) is 0 Å². The zero-order valence-corrected chi connectivity index (χ0v) is 13.9. The molecule has 0 saturated heterocycles. The van der Waals surface area contributed by atoms with Crippen LogP contribution in [0, 0.1) is 13.8 Å². The molecule has 0 aliphatic rings. The maximum atomic E-state index is 5.21. The van der Waals surface area contributed by atoms with Gasteiger partial charge >= 0.3 is 0 Å². The maximum Gasteiger partial charge on any atom is 0.138 e. The van der Waals surface area contributed by atoms with Crippen molar-refractivity contribution in [2.75, 3.05) is 0 Å². The number of hydrogen-bond acceptors (Lipinski definition) is 5. The molecule has 0 aromatic carbocycles. The Balaban J connectivity index is 2.01. The highest BCUT2D eigenvalue weighted by molar-refractivity contribution is 7.09. The molecule has 0 amide bonds. The van der Waals surface area contributed by atoms with Crippen LogP contribution in [-0.2, 0) is 12.0 Å². The predicted molar refractivity (Wildman–Crippen MR) is 82.0 cm³/mol. The summed E-state index contributed by atoms with van der Waals surface area (Å²) in [5.74, 6) is 0.885. The van der Waals surface area contributed by atoms with Gasteiger partial charge in [-0.15, -0.1) is 11.3 Å². The van der Waals surface area contributed by atoms with Gasteiger partial charge in [-0.3, -0.25) is 0 Å². The molecule has 5 heteroatoms. The second-order valence-corrected chi connectivity index (χ2v) is 7.09. The van der Waals surface area contributed by atoms with Gasteiger partial charge in [0.05, 0.1) is 16.4 Å². The highest BCUT2D eigenvalue weighted by Gasteiger charge is 2.19. The lowest BCUT2D eigenvalue weighted by Crippen LogP contribution is -2.19. The lowest BCUT2D eigenvalue weighted by Gasteiger charge is -2.14. The third kappa shape index (κ3) is 3.27. The Morgan fingerprint density at radius 1 is 1.35 bits per heavy atom. The molecule has 2 heterocycles. The maximum absolute atomic E-state index is 5.21. The zero-order valence-electron chi connectivity index (χ0n) is 13.1. The van der Waals surface area contributed by atoms with E-state index in [1.165, 1.54) is 5.01 Å². The Morgan fingerprint density at radius 3 is 2.55 bits per heavy atom. The van der Waals surface area contributed by atoms with Crippen LogP contribution in [0.15, 0.2) is 9.90 Å². The lowest BCUT2D eigenvalue weighted by molar-refractivity contribution is 0.390. The fraction of sp³-hybridized carbons (Fsp3) is 0.600. The molecule has 0 fully saturated rings. The number of nitrogens with zero attached hydrogens (tertiary/aromatic N) is 2. The van der Waals surface area contributed by atoms with Crippen LogP contribution in [0.5, 0.6) is 0 Å². The van der Waals surface area contributed by atoms with Gasteiger partial charge in [-0.05, 0) is 20.8 Å². The molecule has 1 atom stereocenters. The number of aryl methyl sites for hydroxylation is 2. The van der Waals surface area contributed by atoms with E-state index in [0.717, 1.165) is 29.3 Å². The Labute approximate surface area is 124 Å². The van der Waals surface area contributed by atoms with Gasteiger partial charge in [-0.25, -0.2) is 4.98 Å². The molecule has 2 aromatic heterocycles. The molecule has 20 heavy (non-hydrogen) atoms. The molecule has 4 nitrogen and oxygen atoms in total. The second-order valence-electron chi connectivity index (χ2n) is 6.23. The van der Waals surface area contributed by atoms with Crippen LogP contribution in [0.25, 0.3) is 0 Å². The largest absolute Gasteiger partial charge is 0.361 e. The van der Waals surface area contributed by atoms with Gasteiger partial charge in [0.1, 0.15) is 5.76 Å². The van der Waals surface area contributed by atoms with E-state index in [1.54, 1.807) is 11.3 Å². The van der Waals surface area contributed by atoms with Gasteiger partial charge in [-0.1, -0.05) is 25.9 Å². The summed E-state index contributed by atoms with van der Waals surface area (Å²) < 4.78 is 5.21. The summed E-state index contributed by atoms with van der Waals surface area (Å²) in [6, 6.07) is 0.209. The van der Waals surface area contributed by atoms with Crippen LogP contribution >= 0.6 is 11.3 Å². The van der Waals surface area contributed by atoms with Crippen molar-refractivity contribution in [1.82, 2.24) is 15.5 Å². The number of rotatable bonds is 4. The third-order valence-corrected chi connectivity index (χ3v) is 4.62. The summed E-state index contributed by atoms with van der Waals surface area (Å²) in [6.07, 6.45) is 0. The molecule has 0 saturated carbocycles. The Kier molecular flexibility index (Phi) is 4.30. The van der Waals surface area contributed by atoms with Gasteiger partial charge in [0.15, 0.2) is 0 Å². The SMILES string of the molecule is Cc1noc(C)c1C(C)NCc1csc(C(C)(C)C)n1. The number of nitrogens with one attached hydrogen (secondary N) is 1. The Bertz CT molecular complexity index is 561. The first-order chi connectivity index (χ1) is 9.29. The first-order valence-corrected chi connectivity index (χ1v) is 7.78. The van der Waals surface area contributed by atoms with Crippen molar-refractivity contribution in [1.29, 1.82) is 0 Å². The highest BCUT2D eigenvalue weighted by atomic mass is 32.1. The van der Waals surface area contributed by atoms with E-state index >= 15 is 0 Å². The molecule has 0 bridgehead atoms. The van der Waals surface area contributed by atoms with E-state index < -0.39 is 0 Å². The molecule has 0 aliphatic carbocycles. The van der Waals surface area contributed by atoms with E-state index in [9.17, 15) is 0 Å². The molecule has 1 unspecified atom stereocenters. The van der Waals surface area contributed by atoms with Crippen molar-refractivity contribution >= 4 is 11.3 Å². The van der Waals surface area contributed by atoms with Crippen molar-refractivity contribution in [2.45, 2.75) is 59.5 Å². The molecule has 110 valence electrons. The van der Waals surface area contributed by atoms with E-state index in [-0.39, 0.29) is 11.5 Å². The normalized spacial score (nSPS) is 13.7. The molecule has 0 spiro atoms. The molecular formula is C15H23N3OS. The average Bonchev–Trinajstić information content (AvgIpc) is 2.93. The zero-order chi connectivity index (χ0) is 14.9. The number of hydrogen-bond donors (Lipinski definition) is 1. The summed E-state index contributed by atoms with van der Waals surface area (Å²) in [6.45, 7) is 13.4. The molecule has 0 radical (unpaired) electrons. The summed E-state index contributed by atoms with van der Waals surface area (Å²) in [7, 11) is 0. The Morgan fingerprint density at radius 2 is 2.05 bits per heavy atom. The first-order valence-electron chi connectivity index (χ1n) is 6.90. The highest BCUT2D eigenvalue weighted by Crippen LogP contribution is 2.26. The fourth-order valence-electron chi connectivity index (χ4n) is 2.20. The quantitative estimate of drug-likeness (QED) is 0.929. The van der Waals surface area contributed by atoms with E-state index in [4.69, 9.17) is 9.51 Å².